The van der Waals surface area contributed by atoms with Crippen molar-refractivity contribution in [2.24, 2.45) is 0 Å². The molecule has 0 N–H and O–H groups in total. The number of anilines is 1. The fraction of sp³-hybridized carbons (Fsp3) is 0.364. The zero-order valence-electron chi connectivity index (χ0n) is 25.2. The van der Waals surface area contributed by atoms with Gasteiger partial charge in [0, 0.05) is 36.9 Å². The number of piperazine rings is 1. The van der Waals surface area contributed by atoms with E-state index in [1.54, 1.807) is 29.3 Å². The van der Waals surface area contributed by atoms with E-state index in [0.29, 0.717) is 59.9 Å². The summed E-state index contributed by atoms with van der Waals surface area (Å²) >= 11 is 6.93. The predicted octanol–water partition coefficient (Wildman–Crippen LogP) is 5.44. The van der Waals surface area contributed by atoms with Crippen LogP contribution in [-0.2, 0) is 22.6 Å². The third kappa shape index (κ3) is 5.05. The summed E-state index contributed by atoms with van der Waals surface area (Å²) in [5.74, 6) is -0.256. The first-order valence-electron chi connectivity index (χ1n) is 14.8. The zero-order valence-corrected chi connectivity index (χ0v) is 25.9. The van der Waals surface area contributed by atoms with Gasteiger partial charge in [-0.15, -0.1) is 0 Å². The number of nitrogens with zero attached hydrogens (tertiary/aromatic N) is 6. The number of pyridine rings is 2. The average Bonchev–Trinajstić information content (AvgIpc) is 2.99. The van der Waals surface area contributed by atoms with Gasteiger partial charge in [0.15, 0.2) is 5.65 Å². The van der Waals surface area contributed by atoms with Gasteiger partial charge in [0.25, 0.3) is 0 Å². The number of carbonyl (C=O) groups excluding carboxylic acids is 1. The number of hydrogen-bond acceptors (Lipinski definition) is 7. The molecule has 2 aliphatic heterocycles. The van der Waals surface area contributed by atoms with Crippen molar-refractivity contribution in [2.45, 2.75) is 58.7 Å². The van der Waals surface area contributed by atoms with Crippen LogP contribution in [0.2, 0.25) is 5.02 Å². The van der Waals surface area contributed by atoms with Crippen LogP contribution in [0.25, 0.3) is 28.0 Å². The van der Waals surface area contributed by atoms with E-state index in [1.165, 1.54) is 16.7 Å². The summed E-state index contributed by atoms with van der Waals surface area (Å²) in [5, 5.41) is 0.752. The van der Waals surface area contributed by atoms with E-state index in [9.17, 15) is 9.59 Å². The molecule has 5 heterocycles. The van der Waals surface area contributed by atoms with Crippen LogP contribution in [0, 0.1) is 5.82 Å². The van der Waals surface area contributed by atoms with Crippen LogP contribution in [-0.4, -0.2) is 62.1 Å². The lowest BCUT2D eigenvalue weighted by Gasteiger charge is -2.44. The number of carbonyl (C=O) groups is 1. The van der Waals surface area contributed by atoms with Gasteiger partial charge in [-0.1, -0.05) is 44.2 Å². The quantitative estimate of drug-likeness (QED) is 0.283. The Morgan fingerprint density at radius 2 is 1.95 bits per heavy atom. The minimum Gasteiger partial charge on any atom is -0.376 e. The molecule has 1 amide bonds. The highest BCUT2D eigenvalue weighted by molar-refractivity contribution is 6.34. The van der Waals surface area contributed by atoms with E-state index in [-0.39, 0.29) is 46.8 Å². The average molecular weight is 617 g/mol. The molecule has 44 heavy (non-hydrogen) atoms. The number of rotatable bonds is 3. The first kappa shape index (κ1) is 29.9. The van der Waals surface area contributed by atoms with Gasteiger partial charge < -0.3 is 14.5 Å². The Morgan fingerprint density at radius 3 is 2.70 bits per heavy atom. The molecule has 0 radical (unpaired) electrons. The molecule has 0 aliphatic carbocycles. The molecular weight excluding hydrogens is 583 g/mol. The first-order valence-corrected chi connectivity index (χ1v) is 15.1. The van der Waals surface area contributed by atoms with Crippen LogP contribution < -0.4 is 10.6 Å². The number of aromatic nitrogens is 4. The Hall–Kier alpha value is -4.15. The Balaban J connectivity index is 1.69. The van der Waals surface area contributed by atoms with Gasteiger partial charge in [0.1, 0.15) is 11.6 Å². The summed E-state index contributed by atoms with van der Waals surface area (Å²) in [7, 11) is 0. The Morgan fingerprint density at radius 1 is 1.16 bits per heavy atom. The Kier molecular flexibility index (Phi) is 7.98. The predicted molar refractivity (Wildman–Crippen MR) is 169 cm³/mol. The second-order valence-corrected chi connectivity index (χ2v) is 12.1. The summed E-state index contributed by atoms with van der Waals surface area (Å²) in [6, 6.07) is 8.03. The number of benzene rings is 1. The molecule has 0 unspecified atom stereocenters. The molecule has 6 rings (SSSR count). The van der Waals surface area contributed by atoms with Crippen molar-refractivity contribution in [3.8, 4) is 16.9 Å². The normalized spacial score (nSPS) is 18.5. The molecule has 2 atom stereocenters. The molecular formula is C33H34ClFN6O3. The SMILES string of the molecule is C=CC(=O)N1C[C@H](C)N(c2nc(=O)n3c4nc(c(Cl)cc24)-c2c(F)cccc2COCCc2ccnc(C(C)C)c2-3)C[C@H]1C. The number of hydrogen-bond donors (Lipinski definition) is 0. The number of ether oxygens (including phenoxy) is 1. The molecule has 3 aromatic heterocycles. The maximum absolute atomic E-state index is 15.5. The van der Waals surface area contributed by atoms with Crippen molar-refractivity contribution in [1.29, 1.82) is 0 Å². The fourth-order valence-electron chi connectivity index (χ4n) is 6.26. The summed E-state index contributed by atoms with van der Waals surface area (Å²) in [6.45, 7) is 12.9. The standard InChI is InChI=1S/C33H34ClFN6O3/c1-6-26(42)39-15-20(5)40(16-19(39)4)31-23-14-24(34)29-27-22(8-7-9-25(27)35)17-44-13-11-21-10-12-36-28(18(2)3)30(21)41(32(23)37-29)33(43)38-31/h6-10,12,14,18-20H,1,11,13,15-17H2,2-5H3/t19-,20+/m1/s1. The lowest BCUT2D eigenvalue weighted by molar-refractivity contribution is -0.128. The minimum absolute atomic E-state index is 0.0262. The van der Waals surface area contributed by atoms with Gasteiger partial charge in [-0.2, -0.15) is 4.98 Å². The van der Waals surface area contributed by atoms with Crippen LogP contribution >= 0.6 is 11.6 Å². The second-order valence-electron chi connectivity index (χ2n) is 11.7. The smallest absolute Gasteiger partial charge is 0.355 e. The molecule has 11 heteroatoms. The zero-order chi connectivity index (χ0) is 31.3. The molecule has 1 aromatic carbocycles. The highest BCUT2D eigenvalue weighted by atomic mass is 35.5. The van der Waals surface area contributed by atoms with E-state index < -0.39 is 11.5 Å². The maximum atomic E-state index is 15.5. The lowest BCUT2D eigenvalue weighted by atomic mass is 10.0. The van der Waals surface area contributed by atoms with Crippen LogP contribution in [0.15, 0.2) is 54.0 Å². The largest absolute Gasteiger partial charge is 0.376 e. The molecule has 228 valence electrons. The number of halogens is 2. The van der Waals surface area contributed by atoms with Crippen molar-refractivity contribution in [2.75, 3.05) is 24.6 Å². The van der Waals surface area contributed by atoms with E-state index in [4.69, 9.17) is 21.3 Å². The van der Waals surface area contributed by atoms with Crippen molar-refractivity contribution >= 4 is 34.4 Å². The number of amides is 1. The van der Waals surface area contributed by atoms with Gasteiger partial charge in [0.2, 0.25) is 5.91 Å². The van der Waals surface area contributed by atoms with Gasteiger partial charge in [0.05, 0.1) is 40.7 Å². The maximum Gasteiger partial charge on any atom is 0.355 e. The topological polar surface area (TPSA) is 93.5 Å². The molecule has 2 bridgehead atoms. The molecule has 9 nitrogen and oxygen atoms in total. The van der Waals surface area contributed by atoms with Crippen LogP contribution in [0.3, 0.4) is 0 Å². The highest BCUT2D eigenvalue weighted by Gasteiger charge is 2.34. The monoisotopic (exact) mass is 616 g/mol. The van der Waals surface area contributed by atoms with Crippen molar-refractivity contribution < 1.29 is 13.9 Å². The Labute approximate surface area is 260 Å². The van der Waals surface area contributed by atoms with Crippen molar-refractivity contribution in [3.63, 3.8) is 0 Å². The third-order valence-corrected chi connectivity index (χ3v) is 8.72. The molecule has 0 spiro atoms. The second kappa shape index (κ2) is 11.7. The van der Waals surface area contributed by atoms with E-state index in [0.717, 1.165) is 5.56 Å². The van der Waals surface area contributed by atoms with Crippen LogP contribution in [0.1, 0.15) is 50.4 Å². The fourth-order valence-corrected chi connectivity index (χ4v) is 6.51. The molecule has 1 saturated heterocycles. The molecule has 1 fully saturated rings. The van der Waals surface area contributed by atoms with Gasteiger partial charge in [-0.25, -0.2) is 18.7 Å². The van der Waals surface area contributed by atoms with E-state index in [2.05, 4.69) is 16.5 Å². The van der Waals surface area contributed by atoms with Gasteiger partial charge >= 0.3 is 5.69 Å². The van der Waals surface area contributed by atoms with Gasteiger partial charge in [-0.05, 0) is 61.6 Å². The number of fused-ring (bicyclic) bond motifs is 5. The van der Waals surface area contributed by atoms with Crippen LogP contribution in [0.4, 0.5) is 10.2 Å². The van der Waals surface area contributed by atoms with E-state index >= 15 is 4.39 Å². The van der Waals surface area contributed by atoms with Crippen LogP contribution in [0.5, 0.6) is 0 Å². The highest BCUT2D eigenvalue weighted by Crippen LogP contribution is 2.38. The summed E-state index contributed by atoms with van der Waals surface area (Å²) < 4.78 is 23.0. The molecule has 4 aromatic rings. The minimum atomic E-state index is -0.541. The van der Waals surface area contributed by atoms with Crippen molar-refractivity contribution in [1.82, 2.24) is 24.4 Å². The van der Waals surface area contributed by atoms with Crippen molar-refractivity contribution in [3.05, 3.63) is 87.3 Å². The lowest BCUT2D eigenvalue weighted by Crippen LogP contribution is -2.58. The van der Waals surface area contributed by atoms with E-state index in [1.807, 2.05) is 38.7 Å². The first-order chi connectivity index (χ1) is 21.1. The summed E-state index contributed by atoms with van der Waals surface area (Å²) in [6.07, 6.45) is 3.54. The third-order valence-electron chi connectivity index (χ3n) is 8.43. The summed E-state index contributed by atoms with van der Waals surface area (Å²) in [5.41, 5.74) is 2.96. The molecule has 2 aliphatic rings. The molecule has 0 saturated carbocycles. The summed E-state index contributed by atoms with van der Waals surface area (Å²) in [4.78, 5) is 44.8. The Bertz CT molecular complexity index is 1860. The van der Waals surface area contributed by atoms with Gasteiger partial charge in [-0.3, -0.25) is 9.78 Å².